The highest BCUT2D eigenvalue weighted by atomic mass is 16.2. The molecule has 13 heavy (non-hydrogen) atoms. The van der Waals surface area contributed by atoms with E-state index < -0.39 is 0 Å². The SMILES string of the molecule is CCCCNC(=O)c1cc(=O)[nH][nH]1. The van der Waals surface area contributed by atoms with Gasteiger partial charge in [-0.2, -0.15) is 0 Å². The predicted molar refractivity (Wildman–Crippen MR) is 48.7 cm³/mol. The Labute approximate surface area is 75.5 Å². The molecule has 1 amide bonds. The normalized spacial score (nSPS) is 9.92. The Morgan fingerprint density at radius 1 is 1.54 bits per heavy atom. The number of amides is 1. The number of unbranched alkanes of at least 4 members (excludes halogenated alkanes) is 1. The largest absolute Gasteiger partial charge is 0.351 e. The lowest BCUT2D eigenvalue weighted by Crippen LogP contribution is -2.24. The molecule has 1 heterocycles. The van der Waals surface area contributed by atoms with Crippen LogP contribution in [0.3, 0.4) is 0 Å². The summed E-state index contributed by atoms with van der Waals surface area (Å²) in [6.07, 6.45) is 1.98. The summed E-state index contributed by atoms with van der Waals surface area (Å²) in [6, 6.07) is 1.24. The van der Waals surface area contributed by atoms with Crippen molar-refractivity contribution in [3.05, 3.63) is 22.1 Å². The first kappa shape index (κ1) is 9.57. The summed E-state index contributed by atoms with van der Waals surface area (Å²) in [4.78, 5) is 21.9. The van der Waals surface area contributed by atoms with Crippen molar-refractivity contribution in [1.82, 2.24) is 15.5 Å². The molecule has 3 N–H and O–H groups in total. The van der Waals surface area contributed by atoms with Crippen molar-refractivity contribution < 1.29 is 4.79 Å². The molecule has 0 aliphatic carbocycles. The Bertz CT molecular complexity index is 326. The second-order valence-corrected chi connectivity index (χ2v) is 2.78. The van der Waals surface area contributed by atoms with Crippen LogP contribution in [-0.4, -0.2) is 22.6 Å². The lowest BCUT2D eigenvalue weighted by atomic mass is 10.3. The number of carbonyl (C=O) groups excluding carboxylic acids is 1. The highest BCUT2D eigenvalue weighted by Gasteiger charge is 2.05. The summed E-state index contributed by atoms with van der Waals surface area (Å²) in [5, 5.41) is 7.47. The fourth-order valence-electron chi connectivity index (χ4n) is 0.928. The summed E-state index contributed by atoms with van der Waals surface area (Å²) in [6.45, 7) is 2.69. The molecule has 0 aliphatic heterocycles. The van der Waals surface area contributed by atoms with Crippen LogP contribution >= 0.6 is 0 Å². The molecule has 1 aromatic heterocycles. The first-order valence-electron chi connectivity index (χ1n) is 4.30. The minimum Gasteiger partial charge on any atom is -0.351 e. The lowest BCUT2D eigenvalue weighted by molar-refractivity contribution is 0.0948. The van der Waals surface area contributed by atoms with Gasteiger partial charge in [-0.15, -0.1) is 0 Å². The predicted octanol–water partition coefficient (Wildman–Crippen LogP) is 0.233. The standard InChI is InChI=1S/C8H13N3O2/c1-2-3-4-9-8(13)6-5-7(12)11-10-6/h5H,2-4H2,1H3,(H,9,13)(H2,10,11,12). The van der Waals surface area contributed by atoms with E-state index in [1.165, 1.54) is 6.07 Å². The third-order valence-electron chi connectivity index (χ3n) is 1.66. The summed E-state index contributed by atoms with van der Waals surface area (Å²) < 4.78 is 0. The molecule has 0 unspecified atom stereocenters. The van der Waals surface area contributed by atoms with E-state index in [9.17, 15) is 9.59 Å². The van der Waals surface area contributed by atoms with E-state index in [0.29, 0.717) is 6.54 Å². The van der Waals surface area contributed by atoms with Crippen LogP contribution in [0, 0.1) is 0 Å². The monoisotopic (exact) mass is 183 g/mol. The third-order valence-corrected chi connectivity index (χ3v) is 1.66. The van der Waals surface area contributed by atoms with Gasteiger partial charge in [-0.25, -0.2) is 0 Å². The molecule has 1 rings (SSSR count). The zero-order chi connectivity index (χ0) is 9.68. The number of hydrogen-bond donors (Lipinski definition) is 3. The summed E-state index contributed by atoms with van der Waals surface area (Å²) in [5.41, 5.74) is -0.0123. The average molecular weight is 183 g/mol. The topological polar surface area (TPSA) is 77.8 Å². The van der Waals surface area contributed by atoms with Gasteiger partial charge in [-0.3, -0.25) is 19.8 Å². The van der Waals surface area contributed by atoms with Gasteiger partial charge in [0.05, 0.1) is 0 Å². The highest BCUT2D eigenvalue weighted by Crippen LogP contribution is 1.88. The summed E-state index contributed by atoms with van der Waals surface area (Å²) in [7, 11) is 0. The lowest BCUT2D eigenvalue weighted by Gasteiger charge is -2.00. The number of carbonyl (C=O) groups is 1. The molecule has 72 valence electrons. The Kier molecular flexibility index (Phi) is 3.31. The van der Waals surface area contributed by atoms with Crippen LogP contribution in [-0.2, 0) is 0 Å². The van der Waals surface area contributed by atoms with E-state index in [1.807, 2.05) is 6.92 Å². The molecule has 0 radical (unpaired) electrons. The molecule has 0 saturated heterocycles. The van der Waals surface area contributed by atoms with Gasteiger partial charge in [-0.05, 0) is 6.42 Å². The number of H-pyrrole nitrogens is 2. The van der Waals surface area contributed by atoms with E-state index >= 15 is 0 Å². The van der Waals surface area contributed by atoms with E-state index in [0.717, 1.165) is 12.8 Å². The maximum atomic E-state index is 11.2. The molecule has 1 aromatic rings. The summed E-state index contributed by atoms with van der Waals surface area (Å²) in [5.74, 6) is -0.244. The molecule has 5 nitrogen and oxygen atoms in total. The third kappa shape index (κ3) is 2.77. The smallest absolute Gasteiger partial charge is 0.269 e. The minimum absolute atomic E-state index is 0.244. The van der Waals surface area contributed by atoms with Gasteiger partial charge >= 0.3 is 0 Å². The first-order chi connectivity index (χ1) is 6.24. The molecule has 0 aromatic carbocycles. The van der Waals surface area contributed by atoms with Crippen molar-refractivity contribution in [1.29, 1.82) is 0 Å². The van der Waals surface area contributed by atoms with Crippen LogP contribution in [0.1, 0.15) is 30.3 Å². The van der Waals surface area contributed by atoms with Crippen LogP contribution in [0.5, 0.6) is 0 Å². The quantitative estimate of drug-likeness (QED) is 0.584. The minimum atomic E-state index is -0.291. The summed E-state index contributed by atoms with van der Waals surface area (Å²) >= 11 is 0. The second-order valence-electron chi connectivity index (χ2n) is 2.78. The van der Waals surface area contributed by atoms with Crippen LogP contribution < -0.4 is 10.9 Å². The second kappa shape index (κ2) is 4.49. The van der Waals surface area contributed by atoms with Crippen LogP contribution in [0.15, 0.2) is 10.9 Å². The van der Waals surface area contributed by atoms with Crippen LogP contribution in [0.25, 0.3) is 0 Å². The molecular formula is C8H13N3O2. The zero-order valence-corrected chi connectivity index (χ0v) is 7.52. The van der Waals surface area contributed by atoms with E-state index in [-0.39, 0.29) is 17.2 Å². The fourth-order valence-corrected chi connectivity index (χ4v) is 0.928. The van der Waals surface area contributed by atoms with E-state index in [4.69, 9.17) is 0 Å². The van der Waals surface area contributed by atoms with Gasteiger partial charge in [0.2, 0.25) is 0 Å². The number of aromatic nitrogens is 2. The maximum absolute atomic E-state index is 11.2. The maximum Gasteiger partial charge on any atom is 0.269 e. The van der Waals surface area contributed by atoms with Crippen molar-refractivity contribution in [2.45, 2.75) is 19.8 Å². The van der Waals surface area contributed by atoms with Gasteiger partial charge < -0.3 is 5.32 Å². The number of aromatic amines is 2. The Morgan fingerprint density at radius 2 is 2.31 bits per heavy atom. The van der Waals surface area contributed by atoms with Crippen molar-refractivity contribution >= 4 is 5.91 Å². The zero-order valence-electron chi connectivity index (χ0n) is 7.52. The number of nitrogens with one attached hydrogen (secondary N) is 3. The molecular weight excluding hydrogens is 170 g/mol. The van der Waals surface area contributed by atoms with Gasteiger partial charge in [0.15, 0.2) is 0 Å². The van der Waals surface area contributed by atoms with Crippen molar-refractivity contribution in [2.75, 3.05) is 6.54 Å². The van der Waals surface area contributed by atoms with Crippen LogP contribution in [0.2, 0.25) is 0 Å². The van der Waals surface area contributed by atoms with Crippen LogP contribution in [0.4, 0.5) is 0 Å². The van der Waals surface area contributed by atoms with Crippen molar-refractivity contribution in [3.8, 4) is 0 Å². The highest BCUT2D eigenvalue weighted by molar-refractivity contribution is 5.91. The Balaban J connectivity index is 2.44. The van der Waals surface area contributed by atoms with Crippen molar-refractivity contribution in [3.63, 3.8) is 0 Å². The van der Waals surface area contributed by atoms with Gasteiger partial charge in [-0.1, -0.05) is 13.3 Å². The van der Waals surface area contributed by atoms with Gasteiger partial charge in [0.25, 0.3) is 11.5 Å². The van der Waals surface area contributed by atoms with E-state index in [1.54, 1.807) is 0 Å². The molecule has 0 aliphatic rings. The number of hydrogen-bond acceptors (Lipinski definition) is 2. The molecule has 0 bridgehead atoms. The average Bonchev–Trinajstić information content (AvgIpc) is 2.52. The molecule has 0 saturated carbocycles. The molecule has 0 atom stereocenters. The molecule has 0 spiro atoms. The Morgan fingerprint density at radius 3 is 2.85 bits per heavy atom. The fraction of sp³-hybridized carbons (Fsp3) is 0.500. The first-order valence-corrected chi connectivity index (χ1v) is 4.30. The van der Waals surface area contributed by atoms with Gasteiger partial charge in [0.1, 0.15) is 5.69 Å². The van der Waals surface area contributed by atoms with Gasteiger partial charge in [0, 0.05) is 12.6 Å². The number of rotatable bonds is 4. The molecule has 5 heteroatoms. The van der Waals surface area contributed by atoms with E-state index in [2.05, 4.69) is 15.5 Å². The molecule has 0 fully saturated rings. The van der Waals surface area contributed by atoms with Crippen molar-refractivity contribution in [2.24, 2.45) is 0 Å². The Hall–Kier alpha value is -1.52.